The topological polar surface area (TPSA) is 40.6 Å². The summed E-state index contributed by atoms with van der Waals surface area (Å²) < 4.78 is 13.4. The van der Waals surface area contributed by atoms with Crippen molar-refractivity contribution in [2.45, 2.75) is 6.42 Å². The molecule has 1 aromatic rings. The van der Waals surface area contributed by atoms with Crippen molar-refractivity contribution in [1.29, 1.82) is 0 Å². The first kappa shape index (κ1) is 14.0. The predicted octanol–water partition coefficient (Wildman–Crippen LogP) is 1.89. The first-order valence-corrected chi connectivity index (χ1v) is 6.76. The summed E-state index contributed by atoms with van der Waals surface area (Å²) >= 11 is 3.18. The molecule has 1 aromatic carbocycles. The van der Waals surface area contributed by atoms with Crippen LogP contribution in [-0.4, -0.2) is 48.3 Å². The Labute approximate surface area is 119 Å². The molecule has 1 saturated heterocycles. The highest BCUT2D eigenvalue weighted by Crippen LogP contribution is 2.20. The molecule has 0 N–H and O–H groups in total. The van der Waals surface area contributed by atoms with E-state index < -0.39 is 5.82 Å². The van der Waals surface area contributed by atoms with Gasteiger partial charge in [0, 0.05) is 24.6 Å². The maximum atomic E-state index is 13.0. The third-order valence-electron chi connectivity index (χ3n) is 3.12. The van der Waals surface area contributed by atoms with Gasteiger partial charge >= 0.3 is 0 Å². The van der Waals surface area contributed by atoms with Crippen LogP contribution in [0, 0.1) is 5.82 Å². The lowest BCUT2D eigenvalue weighted by Gasteiger charge is -2.20. The van der Waals surface area contributed by atoms with Gasteiger partial charge in [0.05, 0.1) is 5.56 Å². The molecule has 0 unspecified atom stereocenters. The summed E-state index contributed by atoms with van der Waals surface area (Å²) in [6, 6.07) is 3.92. The molecular weight excluding hydrogens is 315 g/mol. The fourth-order valence-electron chi connectivity index (χ4n) is 1.99. The monoisotopic (exact) mass is 328 g/mol. The van der Waals surface area contributed by atoms with Crippen LogP contribution in [0.15, 0.2) is 22.7 Å². The molecule has 0 aliphatic carbocycles. The minimum absolute atomic E-state index is 0.0686. The molecule has 1 heterocycles. The number of hydrogen-bond acceptors (Lipinski definition) is 2. The number of halogens is 2. The highest BCUT2D eigenvalue weighted by Gasteiger charge is 2.24. The molecule has 1 aliphatic heterocycles. The van der Waals surface area contributed by atoms with Crippen molar-refractivity contribution >= 4 is 27.7 Å². The minimum atomic E-state index is -0.407. The molecule has 2 rings (SSSR count). The van der Waals surface area contributed by atoms with Gasteiger partial charge in [0.25, 0.3) is 5.91 Å². The van der Waals surface area contributed by atoms with Gasteiger partial charge in [0.2, 0.25) is 5.91 Å². The first-order valence-electron chi connectivity index (χ1n) is 5.97. The molecule has 0 atom stereocenters. The Morgan fingerprint density at radius 2 is 2.11 bits per heavy atom. The van der Waals surface area contributed by atoms with E-state index in [-0.39, 0.29) is 18.4 Å². The zero-order chi connectivity index (χ0) is 14.0. The van der Waals surface area contributed by atoms with E-state index in [1.807, 2.05) is 0 Å². The van der Waals surface area contributed by atoms with Gasteiger partial charge in [-0.2, -0.15) is 0 Å². The van der Waals surface area contributed by atoms with E-state index in [2.05, 4.69) is 15.9 Å². The van der Waals surface area contributed by atoms with Crippen LogP contribution in [-0.2, 0) is 4.79 Å². The lowest BCUT2D eigenvalue weighted by atomic mass is 10.2. The molecule has 6 heteroatoms. The first-order chi connectivity index (χ1) is 8.99. The summed E-state index contributed by atoms with van der Waals surface area (Å²) in [5.41, 5.74) is 0.374. The highest BCUT2D eigenvalue weighted by molar-refractivity contribution is 9.10. The zero-order valence-electron chi connectivity index (χ0n) is 10.5. The van der Waals surface area contributed by atoms with E-state index in [0.717, 1.165) is 6.42 Å². The number of carbonyl (C=O) groups excluding carboxylic acids is 2. The van der Waals surface area contributed by atoms with Crippen LogP contribution in [0.1, 0.15) is 16.8 Å². The summed E-state index contributed by atoms with van der Waals surface area (Å²) in [7, 11) is 1.73. The van der Waals surface area contributed by atoms with Gasteiger partial charge in [0.15, 0.2) is 0 Å². The maximum absolute atomic E-state index is 13.0. The molecule has 19 heavy (non-hydrogen) atoms. The van der Waals surface area contributed by atoms with E-state index in [4.69, 9.17) is 0 Å². The van der Waals surface area contributed by atoms with Crippen molar-refractivity contribution < 1.29 is 14.0 Å². The standard InChI is InChI=1S/C13H14BrFN2O2/c1-16-5-2-6-17(8-12(16)18)13(19)10-4-3-9(15)7-11(10)14/h3-4,7H,2,5-6,8H2,1H3. The molecule has 0 spiro atoms. The van der Waals surface area contributed by atoms with Crippen molar-refractivity contribution in [3.8, 4) is 0 Å². The molecule has 0 radical (unpaired) electrons. The SMILES string of the molecule is CN1CCCN(C(=O)c2ccc(F)cc2Br)CC1=O. The minimum Gasteiger partial charge on any atom is -0.344 e. The Morgan fingerprint density at radius 3 is 2.79 bits per heavy atom. The molecule has 0 saturated carbocycles. The van der Waals surface area contributed by atoms with Crippen LogP contribution in [0.25, 0.3) is 0 Å². The van der Waals surface area contributed by atoms with Gasteiger partial charge in [-0.1, -0.05) is 0 Å². The molecule has 102 valence electrons. The Kier molecular flexibility index (Phi) is 4.19. The quantitative estimate of drug-likeness (QED) is 0.790. The Balaban J connectivity index is 2.21. The Morgan fingerprint density at radius 1 is 1.37 bits per heavy atom. The lowest BCUT2D eigenvalue weighted by Crippen LogP contribution is -2.38. The van der Waals surface area contributed by atoms with Crippen LogP contribution in [0.3, 0.4) is 0 Å². The van der Waals surface area contributed by atoms with Crippen LogP contribution in [0.4, 0.5) is 4.39 Å². The van der Waals surface area contributed by atoms with E-state index in [1.54, 1.807) is 11.9 Å². The smallest absolute Gasteiger partial charge is 0.255 e. The van der Waals surface area contributed by atoms with Gasteiger partial charge in [0.1, 0.15) is 12.4 Å². The second-order valence-electron chi connectivity index (χ2n) is 4.52. The number of rotatable bonds is 1. The van der Waals surface area contributed by atoms with Gasteiger partial charge in [-0.15, -0.1) is 0 Å². The van der Waals surface area contributed by atoms with Gasteiger partial charge in [-0.3, -0.25) is 9.59 Å². The number of likely N-dealkylation sites (N-methyl/N-ethyl adjacent to an activating group) is 1. The number of nitrogens with zero attached hydrogens (tertiary/aromatic N) is 2. The lowest BCUT2D eigenvalue weighted by molar-refractivity contribution is -0.129. The van der Waals surface area contributed by atoms with E-state index in [0.29, 0.717) is 23.1 Å². The summed E-state index contributed by atoms with van der Waals surface area (Å²) in [5, 5.41) is 0. The van der Waals surface area contributed by atoms with E-state index in [9.17, 15) is 14.0 Å². The summed E-state index contributed by atoms with van der Waals surface area (Å²) in [6.07, 6.45) is 0.743. The van der Waals surface area contributed by atoms with Crippen molar-refractivity contribution in [3.63, 3.8) is 0 Å². The summed E-state index contributed by atoms with van der Waals surface area (Å²) in [5.74, 6) is -0.741. The van der Waals surface area contributed by atoms with Crippen LogP contribution in [0.2, 0.25) is 0 Å². The molecule has 0 bridgehead atoms. The third kappa shape index (κ3) is 3.12. The number of hydrogen-bond donors (Lipinski definition) is 0. The van der Waals surface area contributed by atoms with Crippen molar-refractivity contribution in [3.05, 3.63) is 34.1 Å². The van der Waals surface area contributed by atoms with Crippen molar-refractivity contribution in [2.24, 2.45) is 0 Å². The van der Waals surface area contributed by atoms with E-state index >= 15 is 0 Å². The molecule has 1 fully saturated rings. The second kappa shape index (κ2) is 5.69. The second-order valence-corrected chi connectivity index (χ2v) is 5.37. The molecule has 0 aromatic heterocycles. The number of benzene rings is 1. The average Bonchev–Trinajstić information content (AvgIpc) is 2.51. The number of amides is 2. The molecule has 2 amide bonds. The van der Waals surface area contributed by atoms with Crippen LogP contribution >= 0.6 is 15.9 Å². The predicted molar refractivity (Wildman–Crippen MR) is 72.3 cm³/mol. The zero-order valence-corrected chi connectivity index (χ0v) is 12.1. The van der Waals surface area contributed by atoms with E-state index in [1.165, 1.54) is 23.1 Å². The fourth-order valence-corrected chi connectivity index (χ4v) is 2.51. The Bertz CT molecular complexity index is 521. The summed E-state index contributed by atoms with van der Waals surface area (Å²) in [6.45, 7) is 1.24. The van der Waals surface area contributed by atoms with Gasteiger partial charge in [-0.25, -0.2) is 4.39 Å². The van der Waals surface area contributed by atoms with Crippen molar-refractivity contribution in [2.75, 3.05) is 26.7 Å². The van der Waals surface area contributed by atoms with Gasteiger partial charge < -0.3 is 9.80 Å². The van der Waals surface area contributed by atoms with Crippen LogP contribution in [0.5, 0.6) is 0 Å². The average molecular weight is 329 g/mol. The summed E-state index contributed by atoms with van der Waals surface area (Å²) in [4.78, 5) is 27.2. The largest absolute Gasteiger partial charge is 0.344 e. The van der Waals surface area contributed by atoms with Crippen molar-refractivity contribution in [1.82, 2.24) is 9.80 Å². The van der Waals surface area contributed by atoms with Crippen LogP contribution < -0.4 is 0 Å². The molecule has 1 aliphatic rings. The highest BCUT2D eigenvalue weighted by atomic mass is 79.9. The van der Waals surface area contributed by atoms with Gasteiger partial charge in [-0.05, 0) is 40.5 Å². The Hall–Kier alpha value is -1.43. The third-order valence-corrected chi connectivity index (χ3v) is 3.78. The maximum Gasteiger partial charge on any atom is 0.255 e. The molecular formula is C13H14BrFN2O2. The fraction of sp³-hybridized carbons (Fsp3) is 0.385. The number of carbonyl (C=O) groups is 2. The molecule has 4 nitrogen and oxygen atoms in total. The normalized spacial score (nSPS) is 16.5.